The molecule has 1 saturated carbocycles. The maximum absolute atomic E-state index is 11.8. The summed E-state index contributed by atoms with van der Waals surface area (Å²) in [6.45, 7) is 4.01. The highest BCUT2D eigenvalue weighted by atomic mass is 16.2. The van der Waals surface area contributed by atoms with E-state index in [2.05, 4.69) is 11.9 Å². The Morgan fingerprint density at radius 3 is 2.94 bits per heavy atom. The summed E-state index contributed by atoms with van der Waals surface area (Å²) in [6, 6.07) is 0.352. The summed E-state index contributed by atoms with van der Waals surface area (Å²) in [4.78, 5) is 23.2. The molecule has 0 aliphatic heterocycles. The summed E-state index contributed by atoms with van der Waals surface area (Å²) in [5.74, 6) is -0.171. The number of aromatic nitrogens is 2. The van der Waals surface area contributed by atoms with Crippen molar-refractivity contribution in [1.82, 2.24) is 14.5 Å². The predicted molar refractivity (Wildman–Crippen MR) is 60.2 cm³/mol. The van der Waals surface area contributed by atoms with Crippen LogP contribution in [-0.2, 0) is 11.3 Å². The largest absolute Gasteiger partial charge is 0.351 e. The number of hydrogen-bond donors (Lipinski definition) is 1. The van der Waals surface area contributed by atoms with E-state index < -0.39 is 0 Å². The minimum absolute atomic E-state index is 0.0758. The summed E-state index contributed by atoms with van der Waals surface area (Å²) in [6.07, 6.45) is 7.14. The molecule has 16 heavy (non-hydrogen) atoms. The van der Waals surface area contributed by atoms with Crippen LogP contribution in [0.25, 0.3) is 0 Å². The normalized spacial score (nSPS) is 14.8. The molecule has 86 valence electrons. The number of carbonyl (C=O) groups is 1. The Morgan fingerprint density at radius 1 is 1.56 bits per heavy atom. The molecular formula is C11H15N3O2. The van der Waals surface area contributed by atoms with Gasteiger partial charge in [0.15, 0.2) is 0 Å². The van der Waals surface area contributed by atoms with Crippen LogP contribution in [0.4, 0.5) is 0 Å². The number of carbonyl (C=O) groups excluding carboxylic acids is 1. The highest BCUT2D eigenvalue weighted by Gasteiger charge is 2.25. The molecule has 0 atom stereocenters. The van der Waals surface area contributed by atoms with E-state index in [1.807, 2.05) is 0 Å². The van der Waals surface area contributed by atoms with Crippen LogP contribution in [0.1, 0.15) is 18.9 Å². The van der Waals surface area contributed by atoms with Crippen LogP contribution < -0.4 is 11.0 Å². The quantitative estimate of drug-likeness (QED) is 0.726. The van der Waals surface area contributed by atoms with E-state index in [1.165, 1.54) is 4.57 Å². The first kappa shape index (κ1) is 10.7. The van der Waals surface area contributed by atoms with Crippen LogP contribution in [0.3, 0.4) is 0 Å². The average molecular weight is 221 g/mol. The zero-order chi connectivity index (χ0) is 11.5. The van der Waals surface area contributed by atoms with Gasteiger partial charge in [0, 0.05) is 25.0 Å². The van der Waals surface area contributed by atoms with Crippen molar-refractivity contribution in [3.63, 3.8) is 0 Å². The molecule has 1 aromatic rings. The lowest BCUT2D eigenvalue weighted by Crippen LogP contribution is -2.32. The van der Waals surface area contributed by atoms with E-state index in [0.717, 1.165) is 12.8 Å². The third kappa shape index (κ3) is 2.24. The molecule has 5 nitrogen and oxygen atoms in total. The molecule has 1 amide bonds. The van der Waals surface area contributed by atoms with Crippen molar-refractivity contribution in [3.05, 3.63) is 35.5 Å². The van der Waals surface area contributed by atoms with E-state index in [9.17, 15) is 9.59 Å². The standard InChI is InChI=1S/C11H15N3O2/c1-2-5-12-10(15)8-13-6-7-14(11(13)16)9-3-4-9/h2,6-7,9H,1,3-5,8H2,(H,12,15). The van der Waals surface area contributed by atoms with Crippen LogP contribution in [0.2, 0.25) is 0 Å². The van der Waals surface area contributed by atoms with Gasteiger partial charge in [0.05, 0.1) is 0 Å². The first-order valence-electron chi connectivity index (χ1n) is 5.37. The fourth-order valence-corrected chi connectivity index (χ4v) is 1.58. The minimum atomic E-state index is -0.171. The van der Waals surface area contributed by atoms with Gasteiger partial charge in [0.2, 0.25) is 5.91 Å². The molecule has 0 aromatic carbocycles. The zero-order valence-electron chi connectivity index (χ0n) is 9.06. The van der Waals surface area contributed by atoms with Gasteiger partial charge >= 0.3 is 5.69 Å². The summed E-state index contributed by atoms with van der Waals surface area (Å²) in [5.41, 5.74) is -0.101. The van der Waals surface area contributed by atoms with Crippen molar-refractivity contribution in [3.8, 4) is 0 Å². The minimum Gasteiger partial charge on any atom is -0.351 e. The second kappa shape index (κ2) is 4.38. The molecule has 0 bridgehead atoms. The van der Waals surface area contributed by atoms with Gasteiger partial charge in [-0.25, -0.2) is 4.79 Å². The van der Waals surface area contributed by atoms with E-state index in [0.29, 0.717) is 12.6 Å². The molecule has 0 radical (unpaired) electrons. The molecule has 0 unspecified atom stereocenters. The van der Waals surface area contributed by atoms with Crippen LogP contribution in [0.15, 0.2) is 29.8 Å². The Labute approximate surface area is 93.4 Å². The van der Waals surface area contributed by atoms with Crippen LogP contribution in [0.5, 0.6) is 0 Å². The highest BCUT2D eigenvalue weighted by Crippen LogP contribution is 2.33. The molecule has 1 aromatic heterocycles. The molecule has 0 saturated heterocycles. The zero-order valence-corrected chi connectivity index (χ0v) is 9.06. The van der Waals surface area contributed by atoms with Crippen molar-refractivity contribution in [2.45, 2.75) is 25.4 Å². The maximum Gasteiger partial charge on any atom is 0.328 e. The van der Waals surface area contributed by atoms with E-state index in [4.69, 9.17) is 0 Å². The number of hydrogen-bond acceptors (Lipinski definition) is 2. The molecule has 1 aliphatic rings. The smallest absolute Gasteiger partial charge is 0.328 e. The van der Waals surface area contributed by atoms with Gasteiger partial charge < -0.3 is 5.32 Å². The monoisotopic (exact) mass is 221 g/mol. The highest BCUT2D eigenvalue weighted by molar-refractivity contribution is 5.75. The molecule has 1 N–H and O–H groups in total. The molecule has 5 heteroatoms. The second-order valence-electron chi connectivity index (χ2n) is 3.94. The Morgan fingerprint density at radius 2 is 2.31 bits per heavy atom. The van der Waals surface area contributed by atoms with Gasteiger partial charge in [-0.15, -0.1) is 6.58 Å². The lowest BCUT2D eigenvalue weighted by Gasteiger charge is -2.02. The molecular weight excluding hydrogens is 206 g/mol. The van der Waals surface area contributed by atoms with Crippen LogP contribution in [0, 0.1) is 0 Å². The lowest BCUT2D eigenvalue weighted by molar-refractivity contribution is -0.121. The van der Waals surface area contributed by atoms with Gasteiger partial charge in [0.25, 0.3) is 0 Å². The summed E-state index contributed by atoms with van der Waals surface area (Å²) in [5, 5.41) is 2.64. The van der Waals surface area contributed by atoms with E-state index in [1.54, 1.807) is 23.0 Å². The number of amides is 1. The van der Waals surface area contributed by atoms with Crippen LogP contribution >= 0.6 is 0 Å². The molecule has 1 aliphatic carbocycles. The average Bonchev–Trinajstić information content (AvgIpc) is 3.04. The lowest BCUT2D eigenvalue weighted by atomic mass is 10.5. The first-order valence-corrected chi connectivity index (χ1v) is 5.37. The number of nitrogens with zero attached hydrogens (tertiary/aromatic N) is 2. The number of rotatable bonds is 5. The summed E-state index contributed by atoms with van der Waals surface area (Å²) < 4.78 is 3.12. The predicted octanol–water partition coefficient (Wildman–Crippen LogP) is 0.287. The van der Waals surface area contributed by atoms with E-state index >= 15 is 0 Å². The van der Waals surface area contributed by atoms with Gasteiger partial charge in [-0.3, -0.25) is 13.9 Å². The van der Waals surface area contributed by atoms with Gasteiger partial charge in [-0.05, 0) is 12.8 Å². The van der Waals surface area contributed by atoms with Crippen molar-refractivity contribution in [1.29, 1.82) is 0 Å². The maximum atomic E-state index is 11.8. The SMILES string of the molecule is C=CCNC(=O)Cn1ccn(C2CC2)c1=O. The van der Waals surface area contributed by atoms with Crippen molar-refractivity contribution in [2.75, 3.05) is 6.54 Å². The fourth-order valence-electron chi connectivity index (χ4n) is 1.58. The van der Waals surface area contributed by atoms with Gasteiger partial charge in [0.1, 0.15) is 6.54 Å². The number of imidazole rings is 1. The Hall–Kier alpha value is -1.78. The molecule has 1 heterocycles. The Balaban J connectivity index is 2.01. The van der Waals surface area contributed by atoms with Gasteiger partial charge in [-0.1, -0.05) is 6.08 Å². The third-order valence-electron chi connectivity index (χ3n) is 2.57. The van der Waals surface area contributed by atoms with Crippen molar-refractivity contribution < 1.29 is 4.79 Å². The first-order chi connectivity index (χ1) is 7.72. The fraction of sp³-hybridized carbons (Fsp3) is 0.455. The van der Waals surface area contributed by atoms with E-state index in [-0.39, 0.29) is 18.1 Å². The molecule has 2 rings (SSSR count). The summed E-state index contributed by atoms with van der Waals surface area (Å²) >= 11 is 0. The third-order valence-corrected chi connectivity index (χ3v) is 2.57. The number of nitrogens with one attached hydrogen (secondary N) is 1. The van der Waals surface area contributed by atoms with Crippen molar-refractivity contribution >= 4 is 5.91 Å². The summed E-state index contributed by atoms with van der Waals surface area (Å²) in [7, 11) is 0. The van der Waals surface area contributed by atoms with Crippen molar-refractivity contribution in [2.24, 2.45) is 0 Å². The molecule has 0 spiro atoms. The Bertz CT molecular complexity index is 454. The second-order valence-corrected chi connectivity index (χ2v) is 3.94. The van der Waals surface area contributed by atoms with Gasteiger partial charge in [-0.2, -0.15) is 0 Å². The topological polar surface area (TPSA) is 56.0 Å². The Kier molecular flexibility index (Phi) is 2.94. The molecule has 1 fully saturated rings. The van der Waals surface area contributed by atoms with Crippen LogP contribution in [-0.4, -0.2) is 21.6 Å².